The standard InChI is InChI=1S/C9H12N4O/c1-13-5-3-7(9(13)14)12-8-2-4-10-6-11-8/h2,4,6-7H,3,5H2,1H3,(H,10,11,12). The molecule has 0 aromatic carbocycles. The number of rotatable bonds is 2. The summed E-state index contributed by atoms with van der Waals surface area (Å²) in [5.41, 5.74) is 0. The van der Waals surface area contributed by atoms with Crippen LogP contribution >= 0.6 is 0 Å². The van der Waals surface area contributed by atoms with Crippen LogP contribution in [-0.2, 0) is 4.79 Å². The predicted molar refractivity (Wildman–Crippen MR) is 51.7 cm³/mol. The van der Waals surface area contributed by atoms with E-state index < -0.39 is 0 Å². The Kier molecular flexibility index (Phi) is 2.30. The van der Waals surface area contributed by atoms with Crippen LogP contribution in [0.1, 0.15) is 6.42 Å². The van der Waals surface area contributed by atoms with Gasteiger partial charge in [0.2, 0.25) is 5.91 Å². The molecule has 0 saturated carbocycles. The van der Waals surface area contributed by atoms with Gasteiger partial charge in [-0.05, 0) is 12.5 Å². The molecule has 1 N–H and O–H groups in total. The van der Waals surface area contributed by atoms with Crippen LogP contribution in [-0.4, -0.2) is 40.4 Å². The molecular formula is C9H12N4O. The molecule has 5 nitrogen and oxygen atoms in total. The van der Waals surface area contributed by atoms with Gasteiger partial charge in [0.25, 0.3) is 0 Å². The van der Waals surface area contributed by atoms with Gasteiger partial charge in [0.15, 0.2) is 0 Å². The number of carbonyl (C=O) groups excluding carboxylic acids is 1. The molecule has 5 heteroatoms. The van der Waals surface area contributed by atoms with Crippen molar-refractivity contribution in [2.75, 3.05) is 18.9 Å². The van der Waals surface area contributed by atoms with Gasteiger partial charge in [-0.2, -0.15) is 0 Å². The van der Waals surface area contributed by atoms with Gasteiger partial charge in [-0.1, -0.05) is 0 Å². The summed E-state index contributed by atoms with van der Waals surface area (Å²) in [5, 5.41) is 3.08. The van der Waals surface area contributed by atoms with E-state index in [0.29, 0.717) is 5.82 Å². The minimum atomic E-state index is -0.130. The largest absolute Gasteiger partial charge is 0.358 e. The Morgan fingerprint density at radius 2 is 2.50 bits per heavy atom. The number of carbonyl (C=O) groups is 1. The van der Waals surface area contributed by atoms with E-state index in [2.05, 4.69) is 15.3 Å². The first-order valence-electron chi connectivity index (χ1n) is 4.55. The fraction of sp³-hybridized carbons (Fsp3) is 0.444. The van der Waals surface area contributed by atoms with Crippen molar-refractivity contribution < 1.29 is 4.79 Å². The molecule has 0 bridgehead atoms. The molecule has 1 atom stereocenters. The van der Waals surface area contributed by atoms with E-state index in [1.807, 2.05) is 7.05 Å². The van der Waals surface area contributed by atoms with E-state index in [0.717, 1.165) is 13.0 Å². The zero-order chi connectivity index (χ0) is 9.97. The molecule has 1 saturated heterocycles. The van der Waals surface area contributed by atoms with Gasteiger partial charge in [0, 0.05) is 19.8 Å². The third-order valence-corrected chi connectivity index (χ3v) is 2.33. The summed E-state index contributed by atoms with van der Waals surface area (Å²) in [6, 6.07) is 1.63. The van der Waals surface area contributed by atoms with E-state index in [1.165, 1.54) is 6.33 Å². The number of likely N-dealkylation sites (N-methyl/N-ethyl adjacent to an activating group) is 1. The molecular weight excluding hydrogens is 180 g/mol. The minimum Gasteiger partial charge on any atom is -0.358 e. The fourth-order valence-electron chi connectivity index (χ4n) is 1.51. The first-order chi connectivity index (χ1) is 6.77. The highest BCUT2D eigenvalue weighted by atomic mass is 16.2. The van der Waals surface area contributed by atoms with Gasteiger partial charge in [-0.3, -0.25) is 4.79 Å². The molecule has 1 unspecified atom stereocenters. The smallest absolute Gasteiger partial charge is 0.244 e. The van der Waals surface area contributed by atoms with Crippen molar-refractivity contribution in [2.45, 2.75) is 12.5 Å². The zero-order valence-electron chi connectivity index (χ0n) is 7.97. The van der Waals surface area contributed by atoms with E-state index in [1.54, 1.807) is 17.2 Å². The lowest BCUT2D eigenvalue weighted by Gasteiger charge is -2.11. The summed E-state index contributed by atoms with van der Waals surface area (Å²) in [6.07, 6.45) is 3.95. The quantitative estimate of drug-likeness (QED) is 0.723. The molecule has 74 valence electrons. The Morgan fingerprint density at radius 1 is 1.64 bits per heavy atom. The lowest BCUT2D eigenvalue weighted by Crippen LogP contribution is -2.31. The third-order valence-electron chi connectivity index (χ3n) is 2.33. The Balaban J connectivity index is 2.02. The van der Waals surface area contributed by atoms with Crippen LogP contribution in [0.15, 0.2) is 18.6 Å². The fourth-order valence-corrected chi connectivity index (χ4v) is 1.51. The van der Waals surface area contributed by atoms with Crippen LogP contribution in [0.5, 0.6) is 0 Å². The molecule has 1 fully saturated rings. The van der Waals surface area contributed by atoms with Gasteiger partial charge >= 0.3 is 0 Å². The Hall–Kier alpha value is -1.65. The van der Waals surface area contributed by atoms with Crippen molar-refractivity contribution in [1.82, 2.24) is 14.9 Å². The predicted octanol–water partition coefficient (Wildman–Crippen LogP) is 0.119. The zero-order valence-corrected chi connectivity index (χ0v) is 7.97. The monoisotopic (exact) mass is 192 g/mol. The van der Waals surface area contributed by atoms with E-state index >= 15 is 0 Å². The number of likely N-dealkylation sites (tertiary alicyclic amines) is 1. The first-order valence-corrected chi connectivity index (χ1v) is 4.55. The van der Waals surface area contributed by atoms with Gasteiger partial charge in [0.1, 0.15) is 18.2 Å². The summed E-state index contributed by atoms with van der Waals surface area (Å²) in [4.78, 5) is 21.1. The summed E-state index contributed by atoms with van der Waals surface area (Å²) in [7, 11) is 1.81. The van der Waals surface area contributed by atoms with Gasteiger partial charge in [0.05, 0.1) is 0 Å². The minimum absolute atomic E-state index is 0.128. The maximum Gasteiger partial charge on any atom is 0.244 e. The number of amides is 1. The Labute approximate surface area is 82.2 Å². The second kappa shape index (κ2) is 3.61. The molecule has 1 aliphatic rings. The van der Waals surface area contributed by atoms with Gasteiger partial charge in [-0.15, -0.1) is 0 Å². The number of aromatic nitrogens is 2. The normalized spacial score (nSPS) is 21.4. The van der Waals surface area contributed by atoms with Crippen LogP contribution in [0.2, 0.25) is 0 Å². The topological polar surface area (TPSA) is 58.1 Å². The molecule has 2 heterocycles. The second-order valence-electron chi connectivity index (χ2n) is 3.34. The van der Waals surface area contributed by atoms with Crippen LogP contribution in [0, 0.1) is 0 Å². The summed E-state index contributed by atoms with van der Waals surface area (Å²) < 4.78 is 0. The molecule has 0 spiro atoms. The molecule has 0 aliphatic carbocycles. The van der Waals surface area contributed by atoms with E-state index in [4.69, 9.17) is 0 Å². The van der Waals surface area contributed by atoms with Crippen molar-refractivity contribution in [2.24, 2.45) is 0 Å². The number of anilines is 1. The van der Waals surface area contributed by atoms with Crippen LogP contribution in [0.3, 0.4) is 0 Å². The van der Waals surface area contributed by atoms with Crippen LogP contribution < -0.4 is 5.32 Å². The summed E-state index contributed by atoms with van der Waals surface area (Å²) >= 11 is 0. The van der Waals surface area contributed by atoms with Crippen molar-refractivity contribution in [3.05, 3.63) is 18.6 Å². The number of hydrogen-bond donors (Lipinski definition) is 1. The highest BCUT2D eigenvalue weighted by Gasteiger charge is 2.28. The van der Waals surface area contributed by atoms with Gasteiger partial charge in [-0.25, -0.2) is 9.97 Å². The van der Waals surface area contributed by atoms with Crippen molar-refractivity contribution in [3.63, 3.8) is 0 Å². The Bertz CT molecular complexity index is 327. The summed E-state index contributed by atoms with van der Waals surface area (Å²) in [6.45, 7) is 0.807. The lowest BCUT2D eigenvalue weighted by molar-refractivity contribution is -0.127. The Morgan fingerprint density at radius 3 is 3.07 bits per heavy atom. The highest BCUT2D eigenvalue weighted by Crippen LogP contribution is 2.13. The molecule has 1 aromatic heterocycles. The SMILES string of the molecule is CN1CCC(Nc2ccncn2)C1=O. The average molecular weight is 192 g/mol. The van der Waals surface area contributed by atoms with Crippen molar-refractivity contribution >= 4 is 11.7 Å². The van der Waals surface area contributed by atoms with E-state index in [-0.39, 0.29) is 11.9 Å². The number of hydrogen-bond acceptors (Lipinski definition) is 4. The lowest BCUT2D eigenvalue weighted by atomic mass is 10.2. The maximum absolute atomic E-state index is 11.5. The number of nitrogens with one attached hydrogen (secondary N) is 1. The molecule has 0 radical (unpaired) electrons. The molecule has 1 amide bonds. The van der Waals surface area contributed by atoms with Gasteiger partial charge < -0.3 is 10.2 Å². The summed E-state index contributed by atoms with van der Waals surface area (Å²) in [5.74, 6) is 0.831. The molecule has 2 rings (SSSR count). The molecule has 1 aromatic rings. The average Bonchev–Trinajstić information content (AvgIpc) is 2.52. The van der Waals surface area contributed by atoms with E-state index in [9.17, 15) is 4.79 Å². The van der Waals surface area contributed by atoms with Crippen molar-refractivity contribution in [3.8, 4) is 0 Å². The maximum atomic E-state index is 11.5. The number of nitrogens with zero attached hydrogens (tertiary/aromatic N) is 3. The van der Waals surface area contributed by atoms with Crippen LogP contribution in [0.25, 0.3) is 0 Å². The van der Waals surface area contributed by atoms with Crippen molar-refractivity contribution in [1.29, 1.82) is 0 Å². The molecule has 1 aliphatic heterocycles. The molecule has 14 heavy (non-hydrogen) atoms. The first kappa shape index (κ1) is 8.93. The highest BCUT2D eigenvalue weighted by molar-refractivity contribution is 5.86. The van der Waals surface area contributed by atoms with Crippen LogP contribution in [0.4, 0.5) is 5.82 Å². The third kappa shape index (κ3) is 1.66. The second-order valence-corrected chi connectivity index (χ2v) is 3.34.